The van der Waals surface area contributed by atoms with Crippen LogP contribution in [0.15, 0.2) is 62.9 Å². The molecule has 7 nitrogen and oxygen atoms in total. The Balaban J connectivity index is 1.48. The Morgan fingerprint density at radius 1 is 1.22 bits per heavy atom. The highest BCUT2D eigenvalue weighted by Crippen LogP contribution is 2.28. The number of carbonyl (C=O) groups is 1. The molecule has 2 aromatic heterocycles. The predicted molar refractivity (Wildman–Crippen MR) is 121 cm³/mol. The van der Waals surface area contributed by atoms with E-state index in [-0.39, 0.29) is 28.7 Å². The molecule has 164 valence electrons. The van der Waals surface area contributed by atoms with E-state index in [1.165, 1.54) is 16.7 Å². The summed E-state index contributed by atoms with van der Waals surface area (Å²) in [6.07, 6.45) is 1.69. The summed E-state index contributed by atoms with van der Waals surface area (Å²) in [7, 11) is 0. The second-order valence-electron chi connectivity index (χ2n) is 7.54. The van der Waals surface area contributed by atoms with Crippen molar-refractivity contribution < 1.29 is 18.3 Å². The topological polar surface area (TPSA) is 86.4 Å². The Hall–Kier alpha value is -3.17. The van der Waals surface area contributed by atoms with Crippen LogP contribution in [0.3, 0.4) is 0 Å². The average Bonchev–Trinajstić information content (AvgIpc) is 3.44. The molecule has 1 amide bonds. The van der Waals surface area contributed by atoms with Gasteiger partial charge in [0.15, 0.2) is 5.16 Å². The second kappa shape index (κ2) is 8.76. The molecule has 0 spiro atoms. The predicted octanol–water partition coefficient (Wildman–Crippen LogP) is 4.19. The highest BCUT2D eigenvalue weighted by atomic mass is 32.2. The number of para-hydroxylation sites is 2. The molecule has 1 saturated heterocycles. The largest absolute Gasteiger partial charge is 0.448 e. The third-order valence-corrected chi connectivity index (χ3v) is 6.31. The zero-order valence-corrected chi connectivity index (χ0v) is 17.9. The van der Waals surface area contributed by atoms with E-state index >= 15 is 0 Å². The van der Waals surface area contributed by atoms with E-state index in [1.54, 1.807) is 18.2 Å². The van der Waals surface area contributed by atoms with Crippen molar-refractivity contribution >= 4 is 45.4 Å². The van der Waals surface area contributed by atoms with E-state index in [1.807, 2.05) is 18.2 Å². The van der Waals surface area contributed by atoms with Gasteiger partial charge in [0.05, 0.1) is 24.1 Å². The second-order valence-corrected chi connectivity index (χ2v) is 8.48. The van der Waals surface area contributed by atoms with Gasteiger partial charge in [-0.25, -0.2) is 9.37 Å². The summed E-state index contributed by atoms with van der Waals surface area (Å²) in [5.41, 5.74) is 1.03. The minimum absolute atomic E-state index is 0.0341. The Kier molecular flexibility index (Phi) is 5.67. The number of nitrogens with zero attached hydrogens (tertiary/aromatic N) is 2. The van der Waals surface area contributed by atoms with Crippen LogP contribution in [-0.4, -0.2) is 33.9 Å². The highest BCUT2D eigenvalue weighted by Gasteiger charge is 2.23. The van der Waals surface area contributed by atoms with Crippen LogP contribution in [0.25, 0.3) is 22.1 Å². The van der Waals surface area contributed by atoms with Crippen molar-refractivity contribution in [2.45, 2.75) is 30.6 Å². The van der Waals surface area contributed by atoms with Gasteiger partial charge in [-0.1, -0.05) is 36.0 Å². The molecule has 4 aromatic rings. The lowest BCUT2D eigenvalue weighted by Crippen LogP contribution is -2.29. The van der Waals surface area contributed by atoms with E-state index in [2.05, 4.69) is 10.3 Å². The molecular formula is C23H20FN3O4S. The number of amides is 1. The number of aromatic nitrogens is 2. The first-order valence-electron chi connectivity index (χ1n) is 10.3. The van der Waals surface area contributed by atoms with Crippen LogP contribution in [0, 0.1) is 5.82 Å². The summed E-state index contributed by atoms with van der Waals surface area (Å²) in [6, 6.07) is 13.3. The summed E-state index contributed by atoms with van der Waals surface area (Å²) in [5, 5.41) is 3.69. The van der Waals surface area contributed by atoms with Crippen molar-refractivity contribution in [3.05, 3.63) is 64.7 Å². The van der Waals surface area contributed by atoms with E-state index in [4.69, 9.17) is 9.15 Å². The van der Waals surface area contributed by atoms with Gasteiger partial charge in [0.2, 0.25) is 11.5 Å². The summed E-state index contributed by atoms with van der Waals surface area (Å²) < 4.78 is 26.9. The molecule has 0 aliphatic carbocycles. The van der Waals surface area contributed by atoms with Gasteiger partial charge in [-0.2, -0.15) is 0 Å². The minimum atomic E-state index is -0.509. The Morgan fingerprint density at radius 2 is 2.03 bits per heavy atom. The van der Waals surface area contributed by atoms with E-state index in [9.17, 15) is 14.0 Å². The molecule has 1 aliphatic rings. The van der Waals surface area contributed by atoms with Gasteiger partial charge in [-0.15, -0.1) is 0 Å². The Morgan fingerprint density at radius 3 is 2.84 bits per heavy atom. The number of hydrogen-bond acceptors (Lipinski definition) is 6. The van der Waals surface area contributed by atoms with Crippen LogP contribution in [0.4, 0.5) is 10.1 Å². The third kappa shape index (κ3) is 4.01. The number of carbonyl (C=O) groups excluding carboxylic acids is 1. The Bertz CT molecular complexity index is 1360. The van der Waals surface area contributed by atoms with Crippen molar-refractivity contribution in [2.75, 3.05) is 17.7 Å². The number of rotatable bonds is 6. The fourth-order valence-electron chi connectivity index (χ4n) is 3.80. The van der Waals surface area contributed by atoms with Crippen LogP contribution >= 0.6 is 11.8 Å². The maximum absolute atomic E-state index is 13.8. The summed E-state index contributed by atoms with van der Waals surface area (Å²) in [5.74, 6) is -0.936. The molecule has 9 heteroatoms. The first kappa shape index (κ1) is 20.7. The normalized spacial score (nSPS) is 16.1. The molecule has 0 bridgehead atoms. The van der Waals surface area contributed by atoms with Gasteiger partial charge in [0.1, 0.15) is 16.9 Å². The first-order chi connectivity index (χ1) is 15.6. The number of ether oxygens (including phenoxy) is 1. The molecule has 32 heavy (non-hydrogen) atoms. The van der Waals surface area contributed by atoms with E-state index < -0.39 is 11.7 Å². The van der Waals surface area contributed by atoms with Crippen LogP contribution < -0.4 is 10.9 Å². The molecule has 0 radical (unpaired) electrons. The molecule has 2 aromatic carbocycles. The molecule has 5 rings (SSSR count). The van der Waals surface area contributed by atoms with Crippen LogP contribution in [-0.2, 0) is 16.1 Å². The number of anilines is 1. The van der Waals surface area contributed by atoms with Crippen molar-refractivity contribution in [1.29, 1.82) is 0 Å². The van der Waals surface area contributed by atoms with Crippen molar-refractivity contribution in [1.82, 2.24) is 9.55 Å². The maximum atomic E-state index is 13.8. The monoisotopic (exact) mass is 453 g/mol. The van der Waals surface area contributed by atoms with Gasteiger partial charge in [0.25, 0.3) is 5.56 Å². The van der Waals surface area contributed by atoms with Crippen LogP contribution in [0.2, 0.25) is 0 Å². The number of halogens is 1. The van der Waals surface area contributed by atoms with Crippen molar-refractivity contribution in [2.24, 2.45) is 0 Å². The fourth-order valence-corrected chi connectivity index (χ4v) is 4.60. The number of nitrogens with one attached hydrogen (secondary N) is 1. The lowest BCUT2D eigenvalue weighted by molar-refractivity contribution is -0.113. The molecule has 1 atom stereocenters. The highest BCUT2D eigenvalue weighted by molar-refractivity contribution is 7.99. The Labute approximate surface area is 186 Å². The van der Waals surface area contributed by atoms with Crippen molar-refractivity contribution in [3.63, 3.8) is 0 Å². The molecule has 3 heterocycles. The van der Waals surface area contributed by atoms with Crippen LogP contribution in [0.1, 0.15) is 12.8 Å². The first-order valence-corrected chi connectivity index (χ1v) is 11.3. The number of benzene rings is 2. The lowest BCUT2D eigenvalue weighted by atomic mass is 10.2. The summed E-state index contributed by atoms with van der Waals surface area (Å²) in [4.78, 5) is 30.4. The standard InChI is InChI=1S/C23H20FN3O4S/c24-16-8-2-3-9-17(16)25-19(28)13-32-23-26-20-15-7-1-4-10-18(15)31-21(20)22(29)27(23)12-14-6-5-11-30-14/h1-4,7-10,14H,5-6,11-13H2,(H,25,28)/t14-/m0/s1. The van der Waals surface area contributed by atoms with E-state index in [0.717, 1.165) is 30.0 Å². The smallest absolute Gasteiger partial charge is 0.297 e. The van der Waals surface area contributed by atoms with Gasteiger partial charge in [-0.05, 0) is 37.1 Å². The minimum Gasteiger partial charge on any atom is -0.448 e. The van der Waals surface area contributed by atoms with Crippen LogP contribution in [0.5, 0.6) is 0 Å². The average molecular weight is 453 g/mol. The molecule has 0 unspecified atom stereocenters. The molecule has 1 N–H and O–H groups in total. The van der Waals surface area contributed by atoms with Gasteiger partial charge in [0, 0.05) is 12.0 Å². The lowest BCUT2D eigenvalue weighted by Gasteiger charge is -2.15. The molecular weight excluding hydrogens is 433 g/mol. The quantitative estimate of drug-likeness (QED) is 0.348. The SMILES string of the molecule is O=C(CSc1nc2c(oc3ccccc32)c(=O)n1C[C@@H]1CCCO1)Nc1ccccc1F. The zero-order chi connectivity index (χ0) is 22.1. The maximum Gasteiger partial charge on any atom is 0.297 e. The summed E-state index contributed by atoms with van der Waals surface area (Å²) >= 11 is 1.12. The summed E-state index contributed by atoms with van der Waals surface area (Å²) in [6.45, 7) is 0.989. The zero-order valence-electron chi connectivity index (χ0n) is 17.0. The van der Waals surface area contributed by atoms with Gasteiger partial charge < -0.3 is 14.5 Å². The molecule has 0 saturated carbocycles. The number of fused-ring (bicyclic) bond motifs is 3. The number of furan rings is 1. The fraction of sp³-hybridized carbons (Fsp3) is 0.261. The molecule has 1 aliphatic heterocycles. The van der Waals surface area contributed by atoms with E-state index in [0.29, 0.717) is 29.4 Å². The molecule has 1 fully saturated rings. The number of hydrogen-bond donors (Lipinski definition) is 1. The number of thioether (sulfide) groups is 1. The van der Waals surface area contributed by atoms with Gasteiger partial charge >= 0.3 is 0 Å². The van der Waals surface area contributed by atoms with Gasteiger partial charge in [-0.3, -0.25) is 14.2 Å². The van der Waals surface area contributed by atoms with Crippen molar-refractivity contribution in [3.8, 4) is 0 Å². The third-order valence-electron chi connectivity index (χ3n) is 5.34.